The van der Waals surface area contributed by atoms with Gasteiger partial charge >= 0.3 is 0 Å². The van der Waals surface area contributed by atoms with E-state index in [0.717, 1.165) is 18.5 Å². The number of amides is 1. The Kier molecular flexibility index (Phi) is 6.29. The van der Waals surface area contributed by atoms with Crippen LogP contribution in [0.2, 0.25) is 0 Å². The summed E-state index contributed by atoms with van der Waals surface area (Å²) in [6, 6.07) is 8.23. The molecular weight excluding hydrogens is 216 g/mol. The van der Waals surface area contributed by atoms with Crippen LogP contribution in [0.25, 0.3) is 0 Å². The average Bonchev–Trinajstić information content (AvgIpc) is 2.36. The van der Waals surface area contributed by atoms with Crippen molar-refractivity contribution in [2.75, 3.05) is 18.5 Å². The number of hydrogen-bond donors (Lipinski definition) is 3. The second-order valence-corrected chi connectivity index (χ2v) is 4.08. The molecule has 94 valence electrons. The standard InChI is InChI=1S/C13H20N2O2/c1-11(14-8-9-16)2-3-12-4-6-13(7-5-12)15-10-17/h4-7,10-11,14,16H,2-3,8-9H2,1H3,(H,15,17). The van der Waals surface area contributed by atoms with Gasteiger partial charge in [0.2, 0.25) is 6.41 Å². The van der Waals surface area contributed by atoms with Gasteiger partial charge in [-0.3, -0.25) is 4.79 Å². The van der Waals surface area contributed by atoms with Crippen LogP contribution in [0, 0.1) is 0 Å². The zero-order chi connectivity index (χ0) is 12.5. The molecule has 1 unspecified atom stereocenters. The number of hydrogen-bond acceptors (Lipinski definition) is 3. The number of anilines is 1. The first-order chi connectivity index (χ1) is 8.26. The lowest BCUT2D eigenvalue weighted by Gasteiger charge is -2.12. The highest BCUT2D eigenvalue weighted by atomic mass is 16.3. The lowest BCUT2D eigenvalue weighted by Crippen LogP contribution is -2.29. The Morgan fingerprint density at radius 1 is 1.35 bits per heavy atom. The van der Waals surface area contributed by atoms with Crippen molar-refractivity contribution < 1.29 is 9.90 Å². The van der Waals surface area contributed by atoms with E-state index in [0.29, 0.717) is 19.0 Å². The van der Waals surface area contributed by atoms with E-state index in [4.69, 9.17) is 5.11 Å². The normalized spacial score (nSPS) is 12.1. The minimum Gasteiger partial charge on any atom is -0.395 e. The largest absolute Gasteiger partial charge is 0.395 e. The quantitative estimate of drug-likeness (QED) is 0.594. The van der Waals surface area contributed by atoms with E-state index in [1.807, 2.05) is 24.3 Å². The van der Waals surface area contributed by atoms with Gasteiger partial charge in [-0.2, -0.15) is 0 Å². The summed E-state index contributed by atoms with van der Waals surface area (Å²) in [5.74, 6) is 0. The minimum absolute atomic E-state index is 0.177. The van der Waals surface area contributed by atoms with E-state index in [1.54, 1.807) is 0 Å². The molecule has 0 spiro atoms. The minimum atomic E-state index is 0.177. The summed E-state index contributed by atoms with van der Waals surface area (Å²) in [5, 5.41) is 14.5. The lowest BCUT2D eigenvalue weighted by molar-refractivity contribution is -0.105. The van der Waals surface area contributed by atoms with Gasteiger partial charge in [0.15, 0.2) is 0 Å². The third-order valence-electron chi connectivity index (χ3n) is 2.65. The molecule has 0 aliphatic heterocycles. The van der Waals surface area contributed by atoms with Crippen LogP contribution in [-0.2, 0) is 11.2 Å². The smallest absolute Gasteiger partial charge is 0.211 e. The van der Waals surface area contributed by atoms with Crippen molar-refractivity contribution in [1.82, 2.24) is 5.32 Å². The fourth-order valence-corrected chi connectivity index (χ4v) is 1.63. The van der Waals surface area contributed by atoms with E-state index in [2.05, 4.69) is 17.6 Å². The summed E-state index contributed by atoms with van der Waals surface area (Å²) in [5.41, 5.74) is 2.06. The fourth-order valence-electron chi connectivity index (χ4n) is 1.63. The molecule has 0 saturated carbocycles. The van der Waals surface area contributed by atoms with Crippen molar-refractivity contribution in [3.63, 3.8) is 0 Å². The molecule has 4 nitrogen and oxygen atoms in total. The molecule has 0 fully saturated rings. The molecule has 1 atom stereocenters. The highest BCUT2D eigenvalue weighted by molar-refractivity contribution is 5.70. The number of benzene rings is 1. The Hall–Kier alpha value is -1.39. The Morgan fingerprint density at radius 2 is 2.06 bits per heavy atom. The van der Waals surface area contributed by atoms with Crippen LogP contribution in [-0.4, -0.2) is 30.7 Å². The maximum absolute atomic E-state index is 10.2. The maximum atomic E-state index is 10.2. The maximum Gasteiger partial charge on any atom is 0.211 e. The number of aliphatic hydroxyl groups excluding tert-OH is 1. The van der Waals surface area contributed by atoms with Gasteiger partial charge < -0.3 is 15.7 Å². The van der Waals surface area contributed by atoms with Gasteiger partial charge in [0.05, 0.1) is 6.61 Å². The number of carbonyl (C=O) groups excluding carboxylic acids is 1. The van der Waals surface area contributed by atoms with Gasteiger partial charge in [0.1, 0.15) is 0 Å². The fraction of sp³-hybridized carbons (Fsp3) is 0.462. The number of aliphatic hydroxyl groups is 1. The van der Waals surface area contributed by atoms with Gasteiger partial charge in [-0.1, -0.05) is 12.1 Å². The monoisotopic (exact) mass is 236 g/mol. The second kappa shape index (κ2) is 7.81. The Labute approximate surface area is 102 Å². The average molecular weight is 236 g/mol. The first-order valence-corrected chi connectivity index (χ1v) is 5.89. The predicted octanol–water partition coefficient (Wildman–Crippen LogP) is 1.16. The summed E-state index contributed by atoms with van der Waals surface area (Å²) < 4.78 is 0. The molecule has 1 aromatic rings. The highest BCUT2D eigenvalue weighted by Crippen LogP contribution is 2.11. The third-order valence-corrected chi connectivity index (χ3v) is 2.65. The van der Waals surface area contributed by atoms with Crippen LogP contribution in [0.1, 0.15) is 18.9 Å². The van der Waals surface area contributed by atoms with E-state index in [9.17, 15) is 4.79 Å². The first-order valence-electron chi connectivity index (χ1n) is 5.89. The Balaban J connectivity index is 2.33. The summed E-state index contributed by atoms with van der Waals surface area (Å²) in [4.78, 5) is 10.2. The van der Waals surface area contributed by atoms with Crippen LogP contribution in [0.3, 0.4) is 0 Å². The van der Waals surface area contributed by atoms with Crippen molar-refractivity contribution in [2.45, 2.75) is 25.8 Å². The van der Waals surface area contributed by atoms with Gasteiger partial charge in [0.25, 0.3) is 0 Å². The molecule has 0 aliphatic carbocycles. The third kappa shape index (κ3) is 5.47. The predicted molar refractivity (Wildman–Crippen MR) is 69.0 cm³/mol. The van der Waals surface area contributed by atoms with Crippen LogP contribution < -0.4 is 10.6 Å². The molecule has 17 heavy (non-hydrogen) atoms. The highest BCUT2D eigenvalue weighted by Gasteiger charge is 2.01. The van der Waals surface area contributed by atoms with E-state index in [-0.39, 0.29) is 6.61 Å². The SMILES string of the molecule is CC(CCc1ccc(NC=O)cc1)NCCO. The van der Waals surface area contributed by atoms with Crippen molar-refractivity contribution in [3.05, 3.63) is 29.8 Å². The molecule has 0 bridgehead atoms. The van der Waals surface area contributed by atoms with Crippen molar-refractivity contribution in [1.29, 1.82) is 0 Å². The molecule has 0 heterocycles. The van der Waals surface area contributed by atoms with Gasteiger partial charge in [0, 0.05) is 18.3 Å². The molecule has 1 aromatic carbocycles. The number of aryl methyl sites for hydroxylation is 1. The number of nitrogens with one attached hydrogen (secondary N) is 2. The van der Waals surface area contributed by atoms with Gasteiger partial charge in [-0.15, -0.1) is 0 Å². The van der Waals surface area contributed by atoms with Crippen LogP contribution in [0.5, 0.6) is 0 Å². The zero-order valence-corrected chi connectivity index (χ0v) is 10.1. The molecule has 1 rings (SSSR count). The van der Waals surface area contributed by atoms with Crippen LogP contribution >= 0.6 is 0 Å². The lowest BCUT2D eigenvalue weighted by atomic mass is 10.1. The first kappa shape index (κ1) is 13.7. The topological polar surface area (TPSA) is 61.4 Å². The summed E-state index contributed by atoms with van der Waals surface area (Å²) in [6.07, 6.45) is 2.69. The van der Waals surface area contributed by atoms with Crippen molar-refractivity contribution in [2.24, 2.45) is 0 Å². The molecule has 0 aromatic heterocycles. The van der Waals surface area contributed by atoms with Gasteiger partial charge in [-0.25, -0.2) is 0 Å². The summed E-state index contributed by atoms with van der Waals surface area (Å²) in [6.45, 7) is 2.93. The number of carbonyl (C=O) groups is 1. The van der Waals surface area contributed by atoms with Crippen molar-refractivity contribution in [3.8, 4) is 0 Å². The Morgan fingerprint density at radius 3 is 2.65 bits per heavy atom. The molecule has 0 radical (unpaired) electrons. The van der Waals surface area contributed by atoms with Crippen molar-refractivity contribution >= 4 is 12.1 Å². The molecule has 1 amide bonds. The van der Waals surface area contributed by atoms with Gasteiger partial charge in [-0.05, 0) is 37.5 Å². The van der Waals surface area contributed by atoms with Crippen LogP contribution in [0.15, 0.2) is 24.3 Å². The summed E-state index contributed by atoms with van der Waals surface area (Å²) in [7, 11) is 0. The van der Waals surface area contributed by atoms with Crippen LogP contribution in [0.4, 0.5) is 5.69 Å². The van der Waals surface area contributed by atoms with E-state index in [1.165, 1.54) is 5.56 Å². The molecule has 3 N–H and O–H groups in total. The summed E-state index contributed by atoms with van der Waals surface area (Å²) >= 11 is 0. The van der Waals surface area contributed by atoms with E-state index < -0.39 is 0 Å². The molecular formula is C13H20N2O2. The number of rotatable bonds is 8. The Bertz CT molecular complexity index is 325. The molecule has 0 saturated heterocycles. The zero-order valence-electron chi connectivity index (χ0n) is 10.1. The molecule has 4 heteroatoms. The molecule has 0 aliphatic rings. The van der Waals surface area contributed by atoms with E-state index >= 15 is 0 Å². The second-order valence-electron chi connectivity index (χ2n) is 4.08.